The number of aliphatic carboxylic acids is 1. The third-order valence-electron chi connectivity index (χ3n) is 5.12. The minimum atomic E-state index is -1.21. The first kappa shape index (κ1) is 21.3. The summed E-state index contributed by atoms with van der Waals surface area (Å²) < 4.78 is 0. The average Bonchev–Trinajstić information content (AvgIpc) is 2.72. The van der Waals surface area contributed by atoms with Gasteiger partial charge in [0.25, 0.3) is 0 Å². The summed E-state index contributed by atoms with van der Waals surface area (Å²) in [6, 6.07) is 16.8. The van der Waals surface area contributed by atoms with Gasteiger partial charge in [0, 0.05) is 23.7 Å². The number of hydrogen-bond donors (Lipinski definition) is 2. The molecule has 6 nitrogen and oxygen atoms in total. The lowest BCUT2D eigenvalue weighted by atomic mass is 10.0. The molecule has 1 atom stereocenters. The number of pyridine rings is 1. The highest BCUT2D eigenvalue weighted by molar-refractivity contribution is 5.83. The number of carboxylic acids is 1. The summed E-state index contributed by atoms with van der Waals surface area (Å²) in [6.07, 6.45) is 1.37. The lowest BCUT2D eigenvalue weighted by molar-refractivity contribution is -0.143. The van der Waals surface area contributed by atoms with Crippen LogP contribution in [0.15, 0.2) is 60.8 Å². The first-order valence-corrected chi connectivity index (χ1v) is 10.0. The van der Waals surface area contributed by atoms with Crippen LogP contribution < -0.4 is 0 Å². The van der Waals surface area contributed by atoms with Crippen LogP contribution in [0.5, 0.6) is 0 Å². The van der Waals surface area contributed by atoms with E-state index in [1.165, 1.54) is 0 Å². The standard InChI is InChI=1S/C24H26N2O4/c1-16(2)13-22(23(27)28)26(24(29)30)12-11-17-7-9-18(10-8-17)20-14-19-5-3-4-6-21(19)25-15-20/h3-10,14-16,22H,11-13H2,1-2H3,(H,27,28)(H,29,30). The Hall–Kier alpha value is -3.41. The second-order valence-electron chi connectivity index (χ2n) is 7.82. The smallest absolute Gasteiger partial charge is 0.408 e. The Morgan fingerprint density at radius 2 is 1.70 bits per heavy atom. The van der Waals surface area contributed by atoms with Crippen molar-refractivity contribution in [3.05, 3.63) is 66.4 Å². The summed E-state index contributed by atoms with van der Waals surface area (Å²) in [5, 5.41) is 20.1. The minimum absolute atomic E-state index is 0.0859. The molecule has 0 bridgehead atoms. The molecule has 0 aliphatic carbocycles. The number of nitrogens with zero attached hydrogens (tertiary/aromatic N) is 2. The van der Waals surface area contributed by atoms with Crippen molar-refractivity contribution in [1.29, 1.82) is 0 Å². The number of hydrogen-bond acceptors (Lipinski definition) is 3. The van der Waals surface area contributed by atoms with Gasteiger partial charge in [0.15, 0.2) is 0 Å². The minimum Gasteiger partial charge on any atom is -0.480 e. The van der Waals surface area contributed by atoms with Crippen LogP contribution in [-0.4, -0.2) is 44.7 Å². The third-order valence-corrected chi connectivity index (χ3v) is 5.12. The molecule has 0 radical (unpaired) electrons. The maximum atomic E-state index is 11.7. The number of fused-ring (bicyclic) bond motifs is 1. The molecule has 6 heteroatoms. The molecule has 1 amide bonds. The summed E-state index contributed by atoms with van der Waals surface area (Å²) in [5.41, 5.74) is 3.93. The number of benzene rings is 2. The number of carbonyl (C=O) groups is 2. The first-order chi connectivity index (χ1) is 14.3. The number of amides is 1. The van der Waals surface area contributed by atoms with Gasteiger partial charge in [-0.3, -0.25) is 9.88 Å². The molecule has 30 heavy (non-hydrogen) atoms. The van der Waals surface area contributed by atoms with Crippen molar-refractivity contribution < 1.29 is 19.8 Å². The molecule has 0 aliphatic heterocycles. The fourth-order valence-electron chi connectivity index (χ4n) is 3.54. The Kier molecular flexibility index (Phi) is 6.67. The van der Waals surface area contributed by atoms with E-state index in [0.717, 1.165) is 32.5 Å². The predicted molar refractivity (Wildman–Crippen MR) is 116 cm³/mol. The quantitative estimate of drug-likeness (QED) is 0.554. The van der Waals surface area contributed by atoms with Gasteiger partial charge in [0.05, 0.1) is 5.52 Å². The van der Waals surface area contributed by atoms with Crippen molar-refractivity contribution in [3.8, 4) is 11.1 Å². The van der Waals surface area contributed by atoms with Crippen LogP contribution in [0.1, 0.15) is 25.8 Å². The van der Waals surface area contributed by atoms with Crippen molar-refractivity contribution in [2.24, 2.45) is 5.92 Å². The van der Waals surface area contributed by atoms with Gasteiger partial charge >= 0.3 is 12.1 Å². The van der Waals surface area contributed by atoms with Crippen molar-refractivity contribution >= 4 is 23.0 Å². The Morgan fingerprint density at radius 1 is 1.00 bits per heavy atom. The monoisotopic (exact) mass is 406 g/mol. The molecule has 2 aromatic carbocycles. The number of rotatable bonds is 8. The summed E-state index contributed by atoms with van der Waals surface area (Å²) in [6.45, 7) is 3.91. The van der Waals surface area contributed by atoms with Gasteiger partial charge in [-0.15, -0.1) is 0 Å². The molecule has 0 saturated heterocycles. The van der Waals surface area contributed by atoms with Gasteiger partial charge in [0.1, 0.15) is 6.04 Å². The maximum absolute atomic E-state index is 11.7. The van der Waals surface area contributed by atoms with Crippen LogP contribution in [0, 0.1) is 5.92 Å². The summed E-state index contributed by atoms with van der Waals surface area (Å²) in [7, 11) is 0. The average molecular weight is 406 g/mol. The molecule has 0 aliphatic rings. The summed E-state index contributed by atoms with van der Waals surface area (Å²) in [5.74, 6) is -1.02. The van der Waals surface area contributed by atoms with Gasteiger partial charge in [-0.05, 0) is 42.0 Å². The second kappa shape index (κ2) is 9.39. The highest BCUT2D eigenvalue weighted by Crippen LogP contribution is 2.23. The fraction of sp³-hybridized carbons (Fsp3) is 0.292. The van der Waals surface area contributed by atoms with E-state index < -0.39 is 18.1 Å². The van der Waals surface area contributed by atoms with Crippen LogP contribution in [0.25, 0.3) is 22.0 Å². The van der Waals surface area contributed by atoms with E-state index in [0.29, 0.717) is 6.42 Å². The molecular weight excluding hydrogens is 380 g/mol. The van der Waals surface area contributed by atoms with Crippen LogP contribution in [0.4, 0.5) is 4.79 Å². The van der Waals surface area contributed by atoms with Crippen LogP contribution >= 0.6 is 0 Å². The summed E-state index contributed by atoms with van der Waals surface area (Å²) >= 11 is 0. The van der Waals surface area contributed by atoms with E-state index in [4.69, 9.17) is 0 Å². The van der Waals surface area contributed by atoms with E-state index in [2.05, 4.69) is 11.1 Å². The molecule has 156 valence electrons. The molecule has 0 spiro atoms. The van der Waals surface area contributed by atoms with E-state index in [9.17, 15) is 19.8 Å². The Labute approximate surface area is 175 Å². The van der Waals surface area contributed by atoms with Crippen LogP contribution in [-0.2, 0) is 11.2 Å². The topological polar surface area (TPSA) is 90.7 Å². The normalized spacial score (nSPS) is 12.1. The van der Waals surface area contributed by atoms with Gasteiger partial charge in [-0.2, -0.15) is 0 Å². The number of carboxylic acid groups (broad SMARTS) is 2. The van der Waals surface area contributed by atoms with Crippen molar-refractivity contribution in [1.82, 2.24) is 9.88 Å². The lowest BCUT2D eigenvalue weighted by Gasteiger charge is -2.27. The second-order valence-corrected chi connectivity index (χ2v) is 7.82. The highest BCUT2D eigenvalue weighted by Gasteiger charge is 2.29. The van der Waals surface area contributed by atoms with Gasteiger partial charge in [0.2, 0.25) is 0 Å². The van der Waals surface area contributed by atoms with Gasteiger partial charge in [-0.1, -0.05) is 56.3 Å². The van der Waals surface area contributed by atoms with Crippen LogP contribution in [0.2, 0.25) is 0 Å². The molecule has 0 fully saturated rings. The molecule has 3 aromatic rings. The Balaban J connectivity index is 1.72. The zero-order valence-corrected chi connectivity index (χ0v) is 17.2. The lowest BCUT2D eigenvalue weighted by Crippen LogP contribution is -2.46. The maximum Gasteiger partial charge on any atom is 0.408 e. The molecule has 1 heterocycles. The molecule has 2 N–H and O–H groups in total. The number of aromatic nitrogens is 1. The van der Waals surface area contributed by atoms with Crippen molar-refractivity contribution in [3.63, 3.8) is 0 Å². The molecule has 0 saturated carbocycles. The predicted octanol–water partition coefficient (Wildman–Crippen LogP) is 4.92. The van der Waals surface area contributed by atoms with E-state index in [1.807, 2.05) is 68.6 Å². The largest absolute Gasteiger partial charge is 0.480 e. The van der Waals surface area contributed by atoms with E-state index in [-0.39, 0.29) is 18.9 Å². The molecular formula is C24H26N2O4. The fourth-order valence-corrected chi connectivity index (χ4v) is 3.54. The summed E-state index contributed by atoms with van der Waals surface area (Å²) in [4.78, 5) is 28.7. The Morgan fingerprint density at radius 3 is 2.33 bits per heavy atom. The molecule has 3 rings (SSSR count). The molecule has 1 unspecified atom stereocenters. The Bertz CT molecular complexity index is 1030. The van der Waals surface area contributed by atoms with Crippen molar-refractivity contribution in [2.45, 2.75) is 32.7 Å². The third kappa shape index (κ3) is 5.14. The SMILES string of the molecule is CC(C)CC(C(=O)O)N(CCc1ccc(-c2cnc3ccccc3c2)cc1)C(=O)O. The van der Waals surface area contributed by atoms with E-state index in [1.54, 1.807) is 0 Å². The van der Waals surface area contributed by atoms with Crippen molar-refractivity contribution in [2.75, 3.05) is 6.54 Å². The van der Waals surface area contributed by atoms with Crippen LogP contribution in [0.3, 0.4) is 0 Å². The zero-order chi connectivity index (χ0) is 21.7. The number of para-hydroxylation sites is 1. The highest BCUT2D eigenvalue weighted by atomic mass is 16.4. The molecule has 1 aromatic heterocycles. The zero-order valence-electron chi connectivity index (χ0n) is 17.2. The van der Waals surface area contributed by atoms with E-state index >= 15 is 0 Å². The van der Waals surface area contributed by atoms with Gasteiger partial charge in [-0.25, -0.2) is 9.59 Å². The first-order valence-electron chi connectivity index (χ1n) is 10.0. The van der Waals surface area contributed by atoms with Gasteiger partial charge < -0.3 is 10.2 Å².